The summed E-state index contributed by atoms with van der Waals surface area (Å²) in [6.45, 7) is 2.28. The summed E-state index contributed by atoms with van der Waals surface area (Å²) in [6, 6.07) is 0. The number of hydrogen-bond acceptors (Lipinski definition) is 2. The molecule has 2 N–H and O–H groups in total. The van der Waals surface area contributed by atoms with Gasteiger partial charge in [-0.2, -0.15) is 0 Å². The summed E-state index contributed by atoms with van der Waals surface area (Å²) in [5.74, 6) is 0. The average Bonchev–Trinajstić information content (AvgIpc) is 2.54. The number of unbranched alkanes of at least 4 members (excludes halogenated alkanes) is 15. The van der Waals surface area contributed by atoms with Gasteiger partial charge in [0.05, 0.1) is 0 Å². The van der Waals surface area contributed by atoms with Gasteiger partial charge in [-0.25, -0.2) is 0 Å². The van der Waals surface area contributed by atoms with Crippen molar-refractivity contribution < 1.29 is 4.79 Å². The molecule has 0 spiro atoms. The van der Waals surface area contributed by atoms with E-state index in [-0.39, 0.29) is 0 Å². The molecule has 0 aliphatic rings. The molecule has 0 aromatic rings. The Morgan fingerprint density at radius 2 is 1.00 bits per heavy atom. The van der Waals surface area contributed by atoms with Crippen molar-refractivity contribution in [3.8, 4) is 0 Å². The van der Waals surface area contributed by atoms with Gasteiger partial charge in [0.25, 0.3) is 0 Å². The van der Waals surface area contributed by atoms with Crippen molar-refractivity contribution in [1.82, 2.24) is 0 Å². The van der Waals surface area contributed by atoms with Crippen LogP contribution < -0.4 is 5.73 Å². The molecule has 0 aliphatic carbocycles. The fourth-order valence-corrected chi connectivity index (χ4v) is 3.05. The van der Waals surface area contributed by atoms with E-state index in [4.69, 9.17) is 5.73 Å². The smallest absolute Gasteiger partial charge is 0.144 e. The summed E-state index contributed by atoms with van der Waals surface area (Å²) >= 11 is 0. The zero-order valence-electron chi connectivity index (χ0n) is 15.7. The van der Waals surface area contributed by atoms with Crippen LogP contribution in [0, 0.1) is 0 Å². The van der Waals surface area contributed by atoms with Gasteiger partial charge in [-0.3, -0.25) is 4.79 Å². The molecule has 0 rings (SSSR count). The van der Waals surface area contributed by atoms with Gasteiger partial charge in [-0.1, -0.05) is 103 Å². The highest BCUT2D eigenvalue weighted by Gasteiger charge is 1.95. The van der Waals surface area contributed by atoms with E-state index in [2.05, 4.69) is 6.92 Å². The zero-order chi connectivity index (χ0) is 17.0. The van der Waals surface area contributed by atoms with Crippen LogP contribution in [0.3, 0.4) is 0 Å². The number of carbonyl (C=O) groups excluding carboxylic acids is 1. The first-order chi connectivity index (χ1) is 11.3. The Bertz CT molecular complexity index is 273. The maximum atomic E-state index is 10.2. The lowest BCUT2D eigenvalue weighted by atomic mass is 10.0. The van der Waals surface area contributed by atoms with Crippen molar-refractivity contribution in [1.29, 1.82) is 0 Å². The molecule has 0 radical (unpaired) electrons. The van der Waals surface area contributed by atoms with Gasteiger partial charge in [0.2, 0.25) is 0 Å². The molecule has 0 aromatic carbocycles. The van der Waals surface area contributed by atoms with Crippen LogP contribution in [0.2, 0.25) is 0 Å². The minimum absolute atomic E-state index is 0.727. The summed E-state index contributed by atoms with van der Waals surface area (Å²) in [5.41, 5.74) is 6.40. The van der Waals surface area contributed by atoms with Crippen molar-refractivity contribution in [3.63, 3.8) is 0 Å². The molecule has 0 saturated carbocycles. The van der Waals surface area contributed by atoms with E-state index in [1.54, 1.807) is 0 Å². The molecular formula is C21H41NO. The van der Waals surface area contributed by atoms with Crippen LogP contribution in [0.5, 0.6) is 0 Å². The summed E-state index contributed by atoms with van der Waals surface area (Å²) in [4.78, 5) is 10.2. The number of aldehydes is 1. The van der Waals surface area contributed by atoms with Gasteiger partial charge in [0, 0.05) is 5.70 Å². The fourth-order valence-electron chi connectivity index (χ4n) is 3.05. The highest BCUT2D eigenvalue weighted by atomic mass is 16.1. The highest BCUT2D eigenvalue weighted by Crippen LogP contribution is 2.14. The predicted octanol–water partition coefficient (Wildman–Crippen LogP) is 6.68. The van der Waals surface area contributed by atoms with Gasteiger partial charge >= 0.3 is 0 Å². The van der Waals surface area contributed by atoms with Gasteiger partial charge < -0.3 is 5.73 Å². The Balaban J connectivity index is 3.05. The lowest BCUT2D eigenvalue weighted by molar-refractivity contribution is -0.104. The van der Waals surface area contributed by atoms with Crippen molar-refractivity contribution in [2.75, 3.05) is 0 Å². The Kier molecular flexibility index (Phi) is 18.6. The van der Waals surface area contributed by atoms with Crippen LogP contribution in [0.4, 0.5) is 0 Å². The van der Waals surface area contributed by atoms with E-state index in [0.717, 1.165) is 24.8 Å². The maximum Gasteiger partial charge on any atom is 0.144 e. The van der Waals surface area contributed by atoms with Gasteiger partial charge in [-0.15, -0.1) is 0 Å². The third-order valence-corrected chi connectivity index (χ3v) is 4.60. The Morgan fingerprint density at radius 3 is 1.35 bits per heavy atom. The van der Waals surface area contributed by atoms with E-state index in [9.17, 15) is 4.79 Å². The predicted molar refractivity (Wildman–Crippen MR) is 102 cm³/mol. The molecule has 0 heterocycles. The molecule has 23 heavy (non-hydrogen) atoms. The highest BCUT2D eigenvalue weighted by molar-refractivity contribution is 5.65. The molecule has 0 bridgehead atoms. The fraction of sp³-hybridized carbons (Fsp3) is 0.857. The molecule has 2 nitrogen and oxygen atoms in total. The Hall–Kier alpha value is -0.790. The first kappa shape index (κ1) is 22.2. The monoisotopic (exact) mass is 323 g/mol. The number of rotatable bonds is 18. The molecule has 0 fully saturated rings. The molecule has 2 heteroatoms. The number of allylic oxidation sites excluding steroid dienone is 2. The first-order valence-electron chi connectivity index (χ1n) is 10.2. The average molecular weight is 324 g/mol. The van der Waals surface area contributed by atoms with Crippen LogP contribution in [0.25, 0.3) is 0 Å². The van der Waals surface area contributed by atoms with Crippen LogP contribution in [0.1, 0.15) is 116 Å². The van der Waals surface area contributed by atoms with E-state index in [1.807, 2.05) is 0 Å². The lowest BCUT2D eigenvalue weighted by Crippen LogP contribution is -1.97. The quantitative estimate of drug-likeness (QED) is 0.174. The minimum Gasteiger partial charge on any atom is -0.402 e. The third kappa shape index (κ3) is 19.2. The largest absolute Gasteiger partial charge is 0.402 e. The summed E-state index contributed by atoms with van der Waals surface area (Å²) in [7, 11) is 0. The molecular weight excluding hydrogens is 282 g/mol. The van der Waals surface area contributed by atoms with E-state index in [0.29, 0.717) is 0 Å². The first-order valence-corrected chi connectivity index (χ1v) is 10.2. The van der Waals surface area contributed by atoms with Crippen molar-refractivity contribution in [2.45, 2.75) is 116 Å². The SMILES string of the molecule is CCCCCCCCCCCCCCCCCCC(N)=CC=O. The van der Waals surface area contributed by atoms with E-state index >= 15 is 0 Å². The second kappa shape index (κ2) is 19.3. The Morgan fingerprint density at radius 1 is 0.652 bits per heavy atom. The van der Waals surface area contributed by atoms with E-state index < -0.39 is 0 Å². The Labute approximate surface area is 145 Å². The van der Waals surface area contributed by atoms with Gasteiger partial charge in [0.1, 0.15) is 6.29 Å². The van der Waals surface area contributed by atoms with Crippen molar-refractivity contribution >= 4 is 6.29 Å². The molecule has 0 aromatic heterocycles. The topological polar surface area (TPSA) is 43.1 Å². The molecule has 0 aliphatic heterocycles. The second-order valence-corrected chi connectivity index (χ2v) is 6.93. The zero-order valence-corrected chi connectivity index (χ0v) is 15.7. The summed E-state index contributed by atoms with van der Waals surface area (Å²) in [5, 5.41) is 0. The van der Waals surface area contributed by atoms with Crippen molar-refractivity contribution in [3.05, 3.63) is 11.8 Å². The maximum absolute atomic E-state index is 10.2. The van der Waals surface area contributed by atoms with Crippen LogP contribution in [-0.4, -0.2) is 6.29 Å². The van der Waals surface area contributed by atoms with Crippen molar-refractivity contribution in [2.24, 2.45) is 5.73 Å². The number of nitrogens with two attached hydrogens (primary N) is 1. The molecule has 0 unspecified atom stereocenters. The molecule has 0 amide bonds. The van der Waals surface area contributed by atoms with E-state index in [1.165, 1.54) is 102 Å². The lowest BCUT2D eigenvalue weighted by Gasteiger charge is -2.04. The summed E-state index contributed by atoms with van der Waals surface area (Å²) in [6.07, 6.45) is 25.3. The van der Waals surface area contributed by atoms with Crippen LogP contribution in [-0.2, 0) is 4.79 Å². The second-order valence-electron chi connectivity index (χ2n) is 6.93. The minimum atomic E-state index is 0.727. The third-order valence-electron chi connectivity index (χ3n) is 4.60. The van der Waals surface area contributed by atoms with Crippen LogP contribution in [0.15, 0.2) is 11.8 Å². The van der Waals surface area contributed by atoms with Crippen LogP contribution >= 0.6 is 0 Å². The van der Waals surface area contributed by atoms with Gasteiger partial charge in [0.15, 0.2) is 0 Å². The number of hydrogen-bond donors (Lipinski definition) is 1. The van der Waals surface area contributed by atoms with Gasteiger partial charge in [-0.05, 0) is 18.9 Å². The standard InChI is InChI=1S/C21H41NO/c1-2-3-4-5-6-7-8-9-10-11-12-13-14-15-16-17-18-21(22)19-20-23/h19-20H,2-18,22H2,1H3. The molecule has 136 valence electrons. The number of carbonyl (C=O) groups is 1. The summed E-state index contributed by atoms with van der Waals surface area (Å²) < 4.78 is 0. The molecule has 0 saturated heterocycles. The normalized spacial score (nSPS) is 11.8. The molecule has 0 atom stereocenters.